The molecular weight excluding hydrogens is 316 g/mol. The zero-order valence-electron chi connectivity index (χ0n) is 14.8. The lowest BCUT2D eigenvalue weighted by atomic mass is 9.97. The largest absolute Gasteiger partial charge is 0.426 e. The quantitative estimate of drug-likeness (QED) is 0.386. The van der Waals surface area contributed by atoms with Gasteiger partial charge in [-0.15, -0.1) is 0 Å². The summed E-state index contributed by atoms with van der Waals surface area (Å²) in [5.41, 5.74) is 1.59. The Hall–Kier alpha value is -2.88. The van der Waals surface area contributed by atoms with Crippen LogP contribution in [0.4, 0.5) is 0 Å². The van der Waals surface area contributed by atoms with Crippen molar-refractivity contribution in [2.24, 2.45) is 5.41 Å². The number of carbonyl (C=O) groups excluding carboxylic acids is 1. The van der Waals surface area contributed by atoms with E-state index in [1.807, 2.05) is 43.3 Å². The van der Waals surface area contributed by atoms with Gasteiger partial charge in [0.05, 0.1) is 11.0 Å². The number of hydrogen-bond acceptors (Lipinski definition) is 4. The van der Waals surface area contributed by atoms with E-state index in [1.165, 1.54) is 0 Å². The second kappa shape index (κ2) is 6.20. The van der Waals surface area contributed by atoms with Crippen molar-refractivity contribution in [3.63, 3.8) is 0 Å². The summed E-state index contributed by atoms with van der Waals surface area (Å²) in [6, 6.07) is 14.5. The molecule has 0 atom stereocenters. The summed E-state index contributed by atoms with van der Waals surface area (Å²) in [6.07, 6.45) is 0. The van der Waals surface area contributed by atoms with Crippen LogP contribution in [0.2, 0.25) is 0 Å². The van der Waals surface area contributed by atoms with Crippen molar-refractivity contribution in [1.29, 1.82) is 0 Å². The third-order valence-electron chi connectivity index (χ3n) is 4.02. The lowest BCUT2D eigenvalue weighted by Gasteiger charge is -2.16. The smallest absolute Gasteiger partial charge is 0.344 e. The first kappa shape index (κ1) is 17.0. The van der Waals surface area contributed by atoms with E-state index in [4.69, 9.17) is 9.15 Å². The van der Waals surface area contributed by atoms with E-state index in [-0.39, 0.29) is 5.97 Å². The van der Waals surface area contributed by atoms with Crippen LogP contribution < -0.4 is 10.4 Å². The van der Waals surface area contributed by atoms with Gasteiger partial charge in [0.15, 0.2) is 0 Å². The van der Waals surface area contributed by atoms with Gasteiger partial charge in [0.25, 0.3) is 0 Å². The molecule has 1 aromatic heterocycles. The minimum absolute atomic E-state index is 0.341. The lowest BCUT2D eigenvalue weighted by Crippen LogP contribution is -2.25. The van der Waals surface area contributed by atoms with E-state index in [9.17, 15) is 9.59 Å². The van der Waals surface area contributed by atoms with Gasteiger partial charge in [-0.05, 0) is 51.0 Å². The first-order valence-electron chi connectivity index (χ1n) is 8.12. The number of rotatable bonds is 2. The topological polar surface area (TPSA) is 56.5 Å². The molecule has 3 rings (SSSR count). The lowest BCUT2D eigenvalue weighted by molar-refractivity contribution is -0.142. The van der Waals surface area contributed by atoms with Crippen molar-refractivity contribution >= 4 is 16.9 Å². The van der Waals surface area contributed by atoms with E-state index in [0.717, 1.165) is 16.5 Å². The Kier molecular flexibility index (Phi) is 4.21. The van der Waals surface area contributed by atoms with Crippen LogP contribution in [0.15, 0.2) is 57.7 Å². The maximum Gasteiger partial charge on any atom is 0.344 e. The predicted octanol–water partition coefficient (Wildman–Crippen LogP) is 4.72. The molecule has 0 radical (unpaired) electrons. The number of fused-ring (bicyclic) bond motifs is 1. The van der Waals surface area contributed by atoms with Crippen molar-refractivity contribution in [2.45, 2.75) is 27.7 Å². The minimum atomic E-state index is -0.608. The van der Waals surface area contributed by atoms with Crippen LogP contribution in [0, 0.1) is 12.3 Å². The van der Waals surface area contributed by atoms with Gasteiger partial charge in [-0.3, -0.25) is 4.79 Å². The molecule has 0 saturated carbocycles. The predicted molar refractivity (Wildman–Crippen MR) is 97.7 cm³/mol. The monoisotopic (exact) mass is 336 g/mol. The SMILES string of the molecule is Cc1c(-c2ccccc2)c(=O)oc2cc(OC(=O)C(C)(C)C)ccc12. The Morgan fingerprint density at radius 3 is 2.36 bits per heavy atom. The van der Waals surface area contributed by atoms with Crippen LogP contribution in [0.25, 0.3) is 22.1 Å². The van der Waals surface area contributed by atoms with E-state index in [0.29, 0.717) is 16.9 Å². The third kappa shape index (κ3) is 3.33. The van der Waals surface area contributed by atoms with Crippen molar-refractivity contribution in [1.82, 2.24) is 0 Å². The van der Waals surface area contributed by atoms with Gasteiger partial charge in [0.2, 0.25) is 0 Å². The zero-order chi connectivity index (χ0) is 18.2. The fourth-order valence-electron chi connectivity index (χ4n) is 2.60. The molecule has 0 fully saturated rings. The van der Waals surface area contributed by atoms with Crippen molar-refractivity contribution in [2.75, 3.05) is 0 Å². The molecule has 0 spiro atoms. The Labute approximate surface area is 146 Å². The maximum absolute atomic E-state index is 12.5. The van der Waals surface area contributed by atoms with E-state index in [2.05, 4.69) is 0 Å². The first-order chi connectivity index (χ1) is 11.8. The summed E-state index contributed by atoms with van der Waals surface area (Å²) < 4.78 is 10.9. The second-order valence-corrected chi connectivity index (χ2v) is 7.05. The molecule has 0 saturated heterocycles. The van der Waals surface area contributed by atoms with Gasteiger partial charge in [0, 0.05) is 11.5 Å². The summed E-state index contributed by atoms with van der Waals surface area (Å²) >= 11 is 0. The Morgan fingerprint density at radius 2 is 1.72 bits per heavy atom. The number of benzene rings is 2. The van der Waals surface area contributed by atoms with Gasteiger partial charge in [-0.25, -0.2) is 4.79 Å². The van der Waals surface area contributed by atoms with Crippen molar-refractivity contribution < 1.29 is 13.9 Å². The molecule has 25 heavy (non-hydrogen) atoms. The number of ether oxygens (including phenoxy) is 1. The van der Waals surface area contributed by atoms with Crippen LogP contribution in [0.5, 0.6) is 5.75 Å². The minimum Gasteiger partial charge on any atom is -0.426 e. The number of esters is 1. The van der Waals surface area contributed by atoms with E-state index < -0.39 is 11.0 Å². The summed E-state index contributed by atoms with van der Waals surface area (Å²) in [5.74, 6) is 0.0225. The van der Waals surface area contributed by atoms with Crippen LogP contribution in [-0.2, 0) is 4.79 Å². The molecule has 3 aromatic rings. The first-order valence-corrected chi connectivity index (χ1v) is 8.12. The molecule has 0 aliphatic rings. The molecule has 0 aliphatic carbocycles. The van der Waals surface area contributed by atoms with Gasteiger partial charge in [-0.1, -0.05) is 30.3 Å². The summed E-state index contributed by atoms with van der Waals surface area (Å²) in [4.78, 5) is 24.5. The average molecular weight is 336 g/mol. The van der Waals surface area contributed by atoms with Gasteiger partial charge >= 0.3 is 11.6 Å². The Bertz CT molecular complexity index is 992. The highest BCUT2D eigenvalue weighted by atomic mass is 16.5. The van der Waals surface area contributed by atoms with Crippen LogP contribution >= 0.6 is 0 Å². The average Bonchev–Trinajstić information content (AvgIpc) is 2.54. The second-order valence-electron chi connectivity index (χ2n) is 7.05. The Balaban J connectivity index is 2.09. The molecule has 0 bridgehead atoms. The fraction of sp³-hybridized carbons (Fsp3) is 0.238. The van der Waals surface area contributed by atoms with Crippen LogP contribution in [-0.4, -0.2) is 5.97 Å². The van der Waals surface area contributed by atoms with Crippen molar-refractivity contribution in [3.05, 3.63) is 64.5 Å². The van der Waals surface area contributed by atoms with Crippen LogP contribution in [0.1, 0.15) is 26.3 Å². The molecule has 4 heteroatoms. The Morgan fingerprint density at radius 1 is 1.04 bits per heavy atom. The van der Waals surface area contributed by atoms with E-state index >= 15 is 0 Å². The molecule has 0 N–H and O–H groups in total. The summed E-state index contributed by atoms with van der Waals surface area (Å²) in [7, 11) is 0. The third-order valence-corrected chi connectivity index (χ3v) is 4.02. The highest BCUT2D eigenvalue weighted by Crippen LogP contribution is 2.29. The van der Waals surface area contributed by atoms with Gasteiger partial charge in [0.1, 0.15) is 11.3 Å². The van der Waals surface area contributed by atoms with Gasteiger partial charge in [-0.2, -0.15) is 0 Å². The molecule has 128 valence electrons. The van der Waals surface area contributed by atoms with Gasteiger partial charge < -0.3 is 9.15 Å². The molecular formula is C21H20O4. The van der Waals surface area contributed by atoms with E-state index in [1.54, 1.807) is 32.9 Å². The normalized spacial score (nSPS) is 11.5. The molecule has 0 aliphatic heterocycles. The molecule has 1 heterocycles. The standard InChI is InChI=1S/C21H20O4/c1-13-16-11-10-15(24-20(23)21(2,3)4)12-17(16)25-19(22)18(13)14-8-6-5-7-9-14/h5-12H,1-4H3. The molecule has 0 amide bonds. The molecule has 2 aromatic carbocycles. The summed E-state index contributed by atoms with van der Waals surface area (Å²) in [6.45, 7) is 7.24. The number of aryl methyl sites for hydroxylation is 1. The maximum atomic E-state index is 12.5. The fourth-order valence-corrected chi connectivity index (χ4v) is 2.60. The molecule has 4 nitrogen and oxygen atoms in total. The summed E-state index contributed by atoms with van der Waals surface area (Å²) in [5, 5.41) is 0.814. The number of hydrogen-bond donors (Lipinski definition) is 0. The number of carbonyl (C=O) groups is 1. The van der Waals surface area contributed by atoms with Crippen LogP contribution in [0.3, 0.4) is 0 Å². The highest BCUT2D eigenvalue weighted by molar-refractivity contribution is 5.88. The zero-order valence-corrected chi connectivity index (χ0v) is 14.8. The van der Waals surface area contributed by atoms with Crippen molar-refractivity contribution in [3.8, 4) is 16.9 Å². The highest BCUT2D eigenvalue weighted by Gasteiger charge is 2.24. The molecule has 0 unspecified atom stereocenters.